The first-order valence-electron chi connectivity index (χ1n) is 5.65. The molecule has 1 aromatic carbocycles. The second kappa shape index (κ2) is 6.51. The molecule has 5 nitrogen and oxygen atoms in total. The van der Waals surface area contributed by atoms with E-state index in [1.54, 1.807) is 12.1 Å². The van der Waals surface area contributed by atoms with Gasteiger partial charge in [0.2, 0.25) is 10.0 Å². The highest BCUT2D eigenvalue weighted by Crippen LogP contribution is 2.11. The summed E-state index contributed by atoms with van der Waals surface area (Å²) in [6.45, 7) is 1.80. The van der Waals surface area contributed by atoms with Crippen molar-refractivity contribution in [2.24, 2.45) is 5.14 Å². The van der Waals surface area contributed by atoms with Gasteiger partial charge in [-0.3, -0.25) is 4.79 Å². The maximum Gasteiger partial charge on any atom is 0.302 e. The van der Waals surface area contributed by atoms with Gasteiger partial charge in [0.25, 0.3) is 0 Å². The summed E-state index contributed by atoms with van der Waals surface area (Å²) in [7, 11) is -3.62. The average Bonchev–Trinajstić information content (AvgIpc) is 2.27. The SMILES string of the molecule is CC(=O)OCCCCc1ccc(S(N)(=O)=O)cc1. The van der Waals surface area contributed by atoms with Crippen LogP contribution < -0.4 is 5.14 Å². The molecule has 0 saturated carbocycles. The highest BCUT2D eigenvalue weighted by molar-refractivity contribution is 7.89. The number of hydrogen-bond donors (Lipinski definition) is 1. The monoisotopic (exact) mass is 271 g/mol. The van der Waals surface area contributed by atoms with E-state index in [4.69, 9.17) is 9.88 Å². The summed E-state index contributed by atoms with van der Waals surface area (Å²) in [6, 6.07) is 6.48. The largest absolute Gasteiger partial charge is 0.466 e. The van der Waals surface area contributed by atoms with Crippen LogP contribution in [0.5, 0.6) is 0 Å². The van der Waals surface area contributed by atoms with Crippen LogP contribution in [0.2, 0.25) is 0 Å². The molecule has 0 atom stereocenters. The third-order valence-corrected chi connectivity index (χ3v) is 3.35. The lowest BCUT2D eigenvalue weighted by Crippen LogP contribution is -2.11. The van der Waals surface area contributed by atoms with E-state index >= 15 is 0 Å². The summed E-state index contributed by atoms with van der Waals surface area (Å²) in [5, 5.41) is 5.00. The number of sulfonamides is 1. The van der Waals surface area contributed by atoms with Crippen molar-refractivity contribution in [1.82, 2.24) is 0 Å². The van der Waals surface area contributed by atoms with Crippen molar-refractivity contribution in [2.45, 2.75) is 31.1 Å². The third kappa shape index (κ3) is 5.29. The minimum atomic E-state index is -3.62. The van der Waals surface area contributed by atoms with Crippen LogP contribution in [-0.2, 0) is 26.0 Å². The molecule has 0 fully saturated rings. The van der Waals surface area contributed by atoms with E-state index in [0.717, 1.165) is 24.8 Å². The van der Waals surface area contributed by atoms with Crippen molar-refractivity contribution < 1.29 is 17.9 Å². The average molecular weight is 271 g/mol. The van der Waals surface area contributed by atoms with Gasteiger partial charge in [0, 0.05) is 6.92 Å². The van der Waals surface area contributed by atoms with Gasteiger partial charge in [0.05, 0.1) is 11.5 Å². The Morgan fingerprint density at radius 2 is 1.83 bits per heavy atom. The Kier molecular flexibility index (Phi) is 5.30. The van der Waals surface area contributed by atoms with E-state index in [9.17, 15) is 13.2 Å². The number of aryl methyl sites for hydroxylation is 1. The Hall–Kier alpha value is -1.40. The van der Waals surface area contributed by atoms with E-state index in [0.29, 0.717) is 6.61 Å². The molecular formula is C12H17NO4S. The van der Waals surface area contributed by atoms with E-state index < -0.39 is 10.0 Å². The fraction of sp³-hybridized carbons (Fsp3) is 0.417. The van der Waals surface area contributed by atoms with Gasteiger partial charge in [-0.25, -0.2) is 13.6 Å². The first-order chi connectivity index (χ1) is 8.39. The van der Waals surface area contributed by atoms with Gasteiger partial charge >= 0.3 is 5.97 Å². The fourth-order valence-electron chi connectivity index (χ4n) is 1.49. The lowest BCUT2D eigenvalue weighted by Gasteiger charge is -2.04. The summed E-state index contributed by atoms with van der Waals surface area (Å²) in [4.78, 5) is 10.6. The van der Waals surface area contributed by atoms with Crippen molar-refractivity contribution in [3.63, 3.8) is 0 Å². The second-order valence-electron chi connectivity index (χ2n) is 3.99. The van der Waals surface area contributed by atoms with Crippen LogP contribution in [-0.4, -0.2) is 21.0 Å². The van der Waals surface area contributed by atoms with Crippen LogP contribution >= 0.6 is 0 Å². The maximum absolute atomic E-state index is 11.0. The summed E-state index contributed by atoms with van der Waals surface area (Å²) in [5.74, 6) is -0.271. The fourth-order valence-corrected chi connectivity index (χ4v) is 2.01. The molecule has 0 aliphatic rings. The molecule has 6 heteroatoms. The number of nitrogens with two attached hydrogens (primary N) is 1. The number of ether oxygens (including phenoxy) is 1. The number of esters is 1. The lowest BCUT2D eigenvalue weighted by molar-refractivity contribution is -0.141. The Bertz CT molecular complexity index is 493. The Balaban J connectivity index is 2.38. The van der Waals surface area contributed by atoms with E-state index in [1.165, 1.54) is 19.1 Å². The highest BCUT2D eigenvalue weighted by Gasteiger charge is 2.06. The van der Waals surface area contributed by atoms with Crippen LogP contribution in [0.4, 0.5) is 0 Å². The third-order valence-electron chi connectivity index (χ3n) is 2.42. The molecule has 0 heterocycles. The molecule has 1 rings (SSSR count). The molecule has 0 aromatic heterocycles. The van der Waals surface area contributed by atoms with E-state index in [-0.39, 0.29) is 10.9 Å². The molecule has 0 spiro atoms. The van der Waals surface area contributed by atoms with Crippen molar-refractivity contribution in [2.75, 3.05) is 6.61 Å². The number of carbonyl (C=O) groups excluding carboxylic acids is 1. The summed E-state index contributed by atoms with van der Waals surface area (Å²) >= 11 is 0. The zero-order valence-corrected chi connectivity index (χ0v) is 11.1. The van der Waals surface area contributed by atoms with Crippen LogP contribution in [0, 0.1) is 0 Å². The predicted octanol–water partition coefficient (Wildman–Crippen LogP) is 1.22. The smallest absolute Gasteiger partial charge is 0.302 e. The zero-order valence-electron chi connectivity index (χ0n) is 10.3. The number of carbonyl (C=O) groups is 1. The highest BCUT2D eigenvalue weighted by atomic mass is 32.2. The normalized spacial score (nSPS) is 11.2. The molecule has 0 aliphatic carbocycles. The molecule has 18 heavy (non-hydrogen) atoms. The topological polar surface area (TPSA) is 86.5 Å². The zero-order chi connectivity index (χ0) is 13.6. The summed E-state index contributed by atoms with van der Waals surface area (Å²) in [5.41, 5.74) is 1.03. The van der Waals surface area contributed by atoms with Gasteiger partial charge in [-0.2, -0.15) is 0 Å². The van der Waals surface area contributed by atoms with E-state index in [1.807, 2.05) is 0 Å². The molecule has 0 aliphatic heterocycles. The number of rotatable bonds is 6. The van der Waals surface area contributed by atoms with Gasteiger partial charge in [-0.15, -0.1) is 0 Å². The predicted molar refractivity (Wildman–Crippen MR) is 67.4 cm³/mol. The van der Waals surface area contributed by atoms with Gasteiger partial charge in [0.15, 0.2) is 0 Å². The minimum absolute atomic E-state index is 0.117. The summed E-state index contributed by atoms with van der Waals surface area (Å²) in [6.07, 6.45) is 2.48. The van der Waals surface area contributed by atoms with Crippen molar-refractivity contribution in [1.29, 1.82) is 0 Å². The molecule has 2 N–H and O–H groups in total. The van der Waals surface area contributed by atoms with Crippen molar-refractivity contribution >= 4 is 16.0 Å². The van der Waals surface area contributed by atoms with Gasteiger partial charge < -0.3 is 4.74 Å². The number of unbranched alkanes of at least 4 members (excludes halogenated alkanes) is 1. The minimum Gasteiger partial charge on any atom is -0.466 e. The lowest BCUT2D eigenvalue weighted by atomic mass is 10.1. The van der Waals surface area contributed by atoms with Crippen LogP contribution in [0.25, 0.3) is 0 Å². The molecule has 100 valence electrons. The van der Waals surface area contributed by atoms with Crippen molar-refractivity contribution in [3.8, 4) is 0 Å². The number of primary sulfonamides is 1. The quantitative estimate of drug-likeness (QED) is 0.622. The van der Waals surface area contributed by atoms with Gasteiger partial charge in [-0.1, -0.05) is 12.1 Å². The molecule has 1 aromatic rings. The number of hydrogen-bond acceptors (Lipinski definition) is 4. The molecule has 0 bridgehead atoms. The molecule has 0 radical (unpaired) electrons. The standard InChI is InChI=1S/C12H17NO4S/c1-10(14)17-9-3-2-4-11-5-7-12(8-6-11)18(13,15)16/h5-8H,2-4,9H2,1H3,(H2,13,15,16). The van der Waals surface area contributed by atoms with Crippen molar-refractivity contribution in [3.05, 3.63) is 29.8 Å². The summed E-state index contributed by atoms with van der Waals surface area (Å²) < 4.78 is 26.9. The molecule has 0 saturated heterocycles. The molecule has 0 amide bonds. The molecule has 0 unspecified atom stereocenters. The van der Waals surface area contributed by atoms with Gasteiger partial charge in [-0.05, 0) is 37.0 Å². The van der Waals surface area contributed by atoms with Crippen LogP contribution in [0.3, 0.4) is 0 Å². The first-order valence-corrected chi connectivity index (χ1v) is 7.19. The van der Waals surface area contributed by atoms with E-state index in [2.05, 4.69) is 0 Å². The van der Waals surface area contributed by atoms with Crippen LogP contribution in [0.1, 0.15) is 25.3 Å². The number of benzene rings is 1. The van der Waals surface area contributed by atoms with Gasteiger partial charge in [0.1, 0.15) is 0 Å². The maximum atomic E-state index is 11.0. The Morgan fingerprint density at radius 3 is 2.33 bits per heavy atom. The molecular weight excluding hydrogens is 254 g/mol. The second-order valence-corrected chi connectivity index (χ2v) is 5.55. The van der Waals surface area contributed by atoms with Crippen LogP contribution in [0.15, 0.2) is 29.2 Å². The Labute approximate surface area is 107 Å². The Morgan fingerprint density at radius 1 is 1.22 bits per heavy atom. The first kappa shape index (κ1) is 14.7.